The highest BCUT2D eigenvalue weighted by Crippen LogP contribution is 2.14. The number of hydrogen-bond acceptors (Lipinski definition) is 2. The van der Waals surface area contributed by atoms with E-state index in [-0.39, 0.29) is 17.7 Å². The second-order valence-corrected chi connectivity index (χ2v) is 4.23. The van der Waals surface area contributed by atoms with Gasteiger partial charge in [-0.1, -0.05) is 13.3 Å². The SMILES string of the molecule is CCCC(O)CNC(=O)c1cc(F)c(C)cc1F. The number of aliphatic hydroxyl groups excluding tert-OH is 1. The van der Waals surface area contributed by atoms with Gasteiger partial charge in [-0.3, -0.25) is 4.79 Å². The molecule has 0 aliphatic rings. The van der Waals surface area contributed by atoms with Crippen LogP contribution < -0.4 is 5.32 Å². The third-order valence-corrected chi connectivity index (χ3v) is 2.61. The Labute approximate surface area is 105 Å². The van der Waals surface area contributed by atoms with Gasteiger partial charge in [-0.25, -0.2) is 8.78 Å². The van der Waals surface area contributed by atoms with Crippen molar-refractivity contribution in [1.82, 2.24) is 5.32 Å². The van der Waals surface area contributed by atoms with Crippen LogP contribution in [0.15, 0.2) is 12.1 Å². The van der Waals surface area contributed by atoms with Crippen LogP contribution in [0, 0.1) is 18.6 Å². The van der Waals surface area contributed by atoms with Gasteiger partial charge in [0.05, 0.1) is 11.7 Å². The Morgan fingerprint density at radius 3 is 2.67 bits per heavy atom. The Morgan fingerprint density at radius 1 is 1.39 bits per heavy atom. The summed E-state index contributed by atoms with van der Waals surface area (Å²) in [4.78, 5) is 11.6. The van der Waals surface area contributed by atoms with Gasteiger partial charge in [0.2, 0.25) is 0 Å². The van der Waals surface area contributed by atoms with Gasteiger partial charge in [0, 0.05) is 6.54 Å². The summed E-state index contributed by atoms with van der Waals surface area (Å²) in [6.07, 6.45) is 0.660. The number of aliphatic hydroxyl groups is 1. The lowest BCUT2D eigenvalue weighted by Gasteiger charge is -2.11. The molecule has 3 nitrogen and oxygen atoms in total. The summed E-state index contributed by atoms with van der Waals surface area (Å²) in [5, 5.41) is 11.8. The van der Waals surface area contributed by atoms with Crippen LogP contribution in [0.2, 0.25) is 0 Å². The smallest absolute Gasteiger partial charge is 0.254 e. The lowest BCUT2D eigenvalue weighted by Crippen LogP contribution is -2.32. The summed E-state index contributed by atoms with van der Waals surface area (Å²) in [6.45, 7) is 3.35. The number of benzene rings is 1. The Bertz CT molecular complexity index is 435. The molecule has 1 aromatic carbocycles. The molecule has 0 fully saturated rings. The van der Waals surface area contributed by atoms with Crippen molar-refractivity contribution in [2.24, 2.45) is 0 Å². The highest BCUT2D eigenvalue weighted by Gasteiger charge is 2.15. The number of hydrogen-bond donors (Lipinski definition) is 2. The molecule has 0 bridgehead atoms. The van der Waals surface area contributed by atoms with Gasteiger partial charge in [0.1, 0.15) is 11.6 Å². The van der Waals surface area contributed by atoms with Crippen molar-refractivity contribution in [2.45, 2.75) is 32.8 Å². The second kappa shape index (κ2) is 6.44. The van der Waals surface area contributed by atoms with Crippen LogP contribution in [-0.2, 0) is 0 Å². The molecular weight excluding hydrogens is 240 g/mol. The lowest BCUT2D eigenvalue weighted by atomic mass is 10.1. The van der Waals surface area contributed by atoms with Crippen LogP contribution in [-0.4, -0.2) is 23.7 Å². The first-order chi connectivity index (χ1) is 8.45. The number of carbonyl (C=O) groups excluding carboxylic acids is 1. The quantitative estimate of drug-likeness (QED) is 0.849. The number of amides is 1. The van der Waals surface area contributed by atoms with E-state index in [0.717, 1.165) is 18.6 Å². The molecule has 5 heteroatoms. The van der Waals surface area contributed by atoms with E-state index in [1.807, 2.05) is 6.92 Å². The lowest BCUT2D eigenvalue weighted by molar-refractivity contribution is 0.0905. The first-order valence-corrected chi connectivity index (χ1v) is 5.87. The summed E-state index contributed by atoms with van der Waals surface area (Å²) in [7, 11) is 0. The van der Waals surface area contributed by atoms with E-state index in [1.54, 1.807) is 0 Å². The van der Waals surface area contributed by atoms with Gasteiger partial charge in [-0.2, -0.15) is 0 Å². The summed E-state index contributed by atoms with van der Waals surface area (Å²) < 4.78 is 26.7. The Morgan fingerprint density at radius 2 is 2.06 bits per heavy atom. The van der Waals surface area contributed by atoms with Crippen molar-refractivity contribution < 1.29 is 18.7 Å². The fourth-order valence-electron chi connectivity index (χ4n) is 1.56. The maximum Gasteiger partial charge on any atom is 0.254 e. The summed E-state index contributed by atoms with van der Waals surface area (Å²) in [5.41, 5.74) is -0.197. The zero-order chi connectivity index (χ0) is 13.7. The number of carbonyl (C=O) groups is 1. The summed E-state index contributed by atoms with van der Waals surface area (Å²) in [6, 6.07) is 1.85. The predicted molar refractivity (Wildman–Crippen MR) is 64.3 cm³/mol. The van der Waals surface area contributed by atoms with E-state index < -0.39 is 23.6 Å². The predicted octanol–water partition coefficient (Wildman–Crippen LogP) is 2.16. The highest BCUT2D eigenvalue weighted by atomic mass is 19.1. The molecule has 1 atom stereocenters. The maximum atomic E-state index is 13.5. The van der Waals surface area contributed by atoms with E-state index >= 15 is 0 Å². The molecular formula is C13H17F2NO2. The average Bonchev–Trinajstić information content (AvgIpc) is 2.31. The molecule has 0 aliphatic carbocycles. The fraction of sp³-hybridized carbons (Fsp3) is 0.462. The van der Waals surface area contributed by atoms with Crippen LogP contribution in [0.25, 0.3) is 0 Å². The van der Waals surface area contributed by atoms with Crippen molar-refractivity contribution in [3.8, 4) is 0 Å². The summed E-state index contributed by atoms with van der Waals surface area (Å²) in [5.74, 6) is -2.12. The molecule has 1 unspecified atom stereocenters. The van der Waals surface area contributed by atoms with Crippen molar-refractivity contribution >= 4 is 5.91 Å². The Hall–Kier alpha value is -1.49. The van der Waals surface area contributed by atoms with Crippen LogP contribution in [0.1, 0.15) is 35.7 Å². The van der Waals surface area contributed by atoms with Gasteiger partial charge in [-0.05, 0) is 31.0 Å². The molecule has 0 heterocycles. The van der Waals surface area contributed by atoms with Crippen LogP contribution in [0.5, 0.6) is 0 Å². The van der Waals surface area contributed by atoms with E-state index in [2.05, 4.69) is 5.32 Å². The van der Waals surface area contributed by atoms with Gasteiger partial charge in [0.15, 0.2) is 0 Å². The largest absolute Gasteiger partial charge is 0.391 e. The first-order valence-electron chi connectivity index (χ1n) is 5.87. The zero-order valence-corrected chi connectivity index (χ0v) is 10.5. The van der Waals surface area contributed by atoms with E-state index in [0.29, 0.717) is 6.42 Å². The van der Waals surface area contributed by atoms with Crippen LogP contribution >= 0.6 is 0 Å². The molecule has 2 N–H and O–H groups in total. The maximum absolute atomic E-state index is 13.5. The number of halogens is 2. The molecule has 1 amide bonds. The fourth-order valence-corrected chi connectivity index (χ4v) is 1.56. The normalized spacial score (nSPS) is 12.3. The zero-order valence-electron chi connectivity index (χ0n) is 10.5. The molecule has 0 aromatic heterocycles. The number of rotatable bonds is 5. The van der Waals surface area contributed by atoms with E-state index in [1.165, 1.54) is 6.92 Å². The topological polar surface area (TPSA) is 49.3 Å². The molecule has 0 saturated heterocycles. The Balaban J connectivity index is 2.70. The van der Waals surface area contributed by atoms with E-state index in [9.17, 15) is 18.7 Å². The standard InChI is InChI=1S/C13H17F2NO2/c1-3-4-9(17)7-16-13(18)10-6-11(14)8(2)5-12(10)15/h5-6,9,17H,3-4,7H2,1-2H3,(H,16,18). The average molecular weight is 257 g/mol. The Kier molecular flexibility index (Phi) is 5.22. The van der Waals surface area contributed by atoms with E-state index in [4.69, 9.17) is 0 Å². The van der Waals surface area contributed by atoms with Crippen LogP contribution in [0.3, 0.4) is 0 Å². The van der Waals surface area contributed by atoms with Crippen molar-refractivity contribution in [1.29, 1.82) is 0 Å². The summed E-state index contributed by atoms with van der Waals surface area (Å²) >= 11 is 0. The minimum absolute atomic E-state index is 0.0294. The number of nitrogens with one attached hydrogen (secondary N) is 1. The molecule has 0 spiro atoms. The van der Waals surface area contributed by atoms with Gasteiger partial charge < -0.3 is 10.4 Å². The molecule has 1 aromatic rings. The third kappa shape index (κ3) is 3.77. The molecule has 18 heavy (non-hydrogen) atoms. The second-order valence-electron chi connectivity index (χ2n) is 4.23. The highest BCUT2D eigenvalue weighted by molar-refractivity contribution is 5.94. The monoisotopic (exact) mass is 257 g/mol. The van der Waals surface area contributed by atoms with Gasteiger partial charge >= 0.3 is 0 Å². The first kappa shape index (κ1) is 14.6. The molecule has 100 valence electrons. The minimum atomic E-state index is -0.767. The van der Waals surface area contributed by atoms with Crippen molar-refractivity contribution in [2.75, 3.05) is 6.54 Å². The van der Waals surface area contributed by atoms with Gasteiger partial charge in [0.25, 0.3) is 5.91 Å². The number of aryl methyl sites for hydroxylation is 1. The molecule has 0 radical (unpaired) electrons. The molecule has 0 saturated carbocycles. The van der Waals surface area contributed by atoms with Gasteiger partial charge in [-0.15, -0.1) is 0 Å². The van der Waals surface area contributed by atoms with Crippen LogP contribution in [0.4, 0.5) is 8.78 Å². The molecule has 1 rings (SSSR count). The third-order valence-electron chi connectivity index (χ3n) is 2.61. The minimum Gasteiger partial charge on any atom is -0.391 e. The molecule has 0 aliphatic heterocycles. The van der Waals surface area contributed by atoms with Crippen molar-refractivity contribution in [3.05, 3.63) is 34.9 Å². The van der Waals surface area contributed by atoms with Crippen molar-refractivity contribution in [3.63, 3.8) is 0 Å².